The van der Waals surface area contributed by atoms with Crippen LogP contribution in [0.25, 0.3) is 0 Å². The van der Waals surface area contributed by atoms with E-state index in [1.165, 1.54) is 6.07 Å². The molecular weight excluding hydrogens is 345 g/mol. The van der Waals surface area contributed by atoms with E-state index in [0.717, 1.165) is 11.0 Å². The highest BCUT2D eigenvalue weighted by molar-refractivity contribution is 9.10. The number of hydrogen-bond acceptors (Lipinski definition) is 3. The second-order valence-electron chi connectivity index (χ2n) is 5.27. The maximum atomic E-state index is 13.8. The van der Waals surface area contributed by atoms with Gasteiger partial charge in [-0.25, -0.2) is 12.8 Å². The van der Waals surface area contributed by atoms with Crippen molar-refractivity contribution in [2.45, 2.75) is 25.8 Å². The first kappa shape index (κ1) is 15.9. The standard InChI is InChI=1S/C14H19BrFNO2S/c1-2-17-14(10-5-6-20(18,19)9-10)8-11-7-12(15)3-4-13(11)16/h3-4,7,10,14,17H,2,5-6,8-9H2,1H3. The van der Waals surface area contributed by atoms with Gasteiger partial charge in [0.15, 0.2) is 9.84 Å². The van der Waals surface area contributed by atoms with Crippen molar-refractivity contribution in [1.82, 2.24) is 5.32 Å². The average molecular weight is 364 g/mol. The minimum absolute atomic E-state index is 0.000995. The summed E-state index contributed by atoms with van der Waals surface area (Å²) in [5.74, 6) is 0.288. The number of likely N-dealkylation sites (N-methyl/N-ethyl adjacent to an activating group) is 1. The summed E-state index contributed by atoms with van der Waals surface area (Å²) >= 11 is 3.34. The van der Waals surface area contributed by atoms with E-state index >= 15 is 0 Å². The van der Waals surface area contributed by atoms with E-state index in [-0.39, 0.29) is 29.3 Å². The number of hydrogen-bond donors (Lipinski definition) is 1. The van der Waals surface area contributed by atoms with Crippen molar-refractivity contribution in [2.24, 2.45) is 5.92 Å². The summed E-state index contributed by atoms with van der Waals surface area (Å²) in [7, 11) is -2.91. The number of nitrogens with one attached hydrogen (secondary N) is 1. The Labute approximate surface area is 128 Å². The molecule has 0 aromatic heterocycles. The van der Waals surface area contributed by atoms with E-state index in [4.69, 9.17) is 0 Å². The molecule has 1 saturated heterocycles. The Hall–Kier alpha value is -0.460. The Morgan fingerprint density at radius 2 is 2.25 bits per heavy atom. The zero-order valence-electron chi connectivity index (χ0n) is 11.4. The van der Waals surface area contributed by atoms with Crippen LogP contribution in [0.2, 0.25) is 0 Å². The van der Waals surface area contributed by atoms with Crippen molar-refractivity contribution in [3.63, 3.8) is 0 Å². The lowest BCUT2D eigenvalue weighted by molar-refractivity contribution is 0.381. The normalized spacial score (nSPS) is 22.9. The molecular formula is C14H19BrFNO2S. The highest BCUT2D eigenvalue weighted by Crippen LogP contribution is 2.25. The molecule has 2 atom stereocenters. The molecule has 1 heterocycles. The van der Waals surface area contributed by atoms with Crippen molar-refractivity contribution in [1.29, 1.82) is 0 Å². The van der Waals surface area contributed by atoms with Crippen LogP contribution in [0.15, 0.2) is 22.7 Å². The summed E-state index contributed by atoms with van der Waals surface area (Å²) in [5.41, 5.74) is 0.620. The third kappa shape index (κ3) is 4.02. The van der Waals surface area contributed by atoms with Gasteiger partial charge < -0.3 is 5.32 Å². The summed E-state index contributed by atoms with van der Waals surface area (Å²) in [4.78, 5) is 0. The van der Waals surface area contributed by atoms with E-state index in [0.29, 0.717) is 18.4 Å². The van der Waals surface area contributed by atoms with E-state index in [9.17, 15) is 12.8 Å². The SMILES string of the molecule is CCNC(Cc1cc(Br)ccc1F)C1CCS(=O)(=O)C1. The van der Waals surface area contributed by atoms with Gasteiger partial charge in [-0.15, -0.1) is 0 Å². The van der Waals surface area contributed by atoms with Crippen molar-refractivity contribution >= 4 is 25.8 Å². The molecule has 0 amide bonds. The van der Waals surface area contributed by atoms with Crippen molar-refractivity contribution < 1.29 is 12.8 Å². The van der Waals surface area contributed by atoms with E-state index in [2.05, 4.69) is 21.2 Å². The molecule has 3 nitrogen and oxygen atoms in total. The Balaban J connectivity index is 2.15. The molecule has 0 bridgehead atoms. The molecule has 1 aliphatic heterocycles. The minimum atomic E-state index is -2.91. The highest BCUT2D eigenvalue weighted by atomic mass is 79.9. The molecule has 0 spiro atoms. The minimum Gasteiger partial charge on any atom is -0.314 e. The van der Waals surface area contributed by atoms with Gasteiger partial charge in [-0.05, 0) is 49.1 Å². The van der Waals surface area contributed by atoms with Gasteiger partial charge in [0.25, 0.3) is 0 Å². The van der Waals surface area contributed by atoms with E-state index < -0.39 is 9.84 Å². The summed E-state index contributed by atoms with van der Waals surface area (Å²) in [5, 5.41) is 3.31. The van der Waals surface area contributed by atoms with Crippen LogP contribution in [0.1, 0.15) is 18.9 Å². The first-order valence-corrected chi connectivity index (χ1v) is 9.40. The third-order valence-corrected chi connectivity index (χ3v) is 6.04. The van der Waals surface area contributed by atoms with Crippen LogP contribution in [0.5, 0.6) is 0 Å². The van der Waals surface area contributed by atoms with E-state index in [1.54, 1.807) is 12.1 Å². The Morgan fingerprint density at radius 1 is 1.50 bits per heavy atom. The number of sulfone groups is 1. The maximum absolute atomic E-state index is 13.8. The van der Waals surface area contributed by atoms with Crippen LogP contribution in [0.3, 0.4) is 0 Å². The molecule has 2 unspecified atom stereocenters. The zero-order chi connectivity index (χ0) is 14.8. The van der Waals surface area contributed by atoms with Crippen LogP contribution in [0.4, 0.5) is 4.39 Å². The molecule has 0 radical (unpaired) electrons. The smallest absolute Gasteiger partial charge is 0.150 e. The van der Waals surface area contributed by atoms with Crippen LogP contribution in [-0.4, -0.2) is 32.5 Å². The second-order valence-corrected chi connectivity index (χ2v) is 8.41. The number of benzene rings is 1. The van der Waals surface area contributed by atoms with Crippen molar-refractivity contribution in [2.75, 3.05) is 18.1 Å². The zero-order valence-corrected chi connectivity index (χ0v) is 13.8. The maximum Gasteiger partial charge on any atom is 0.150 e. The molecule has 1 aliphatic rings. The van der Waals surface area contributed by atoms with E-state index in [1.807, 2.05) is 6.92 Å². The lowest BCUT2D eigenvalue weighted by Gasteiger charge is -2.24. The molecule has 112 valence electrons. The van der Waals surface area contributed by atoms with Crippen LogP contribution >= 0.6 is 15.9 Å². The van der Waals surface area contributed by atoms with Gasteiger partial charge in [0, 0.05) is 10.5 Å². The highest BCUT2D eigenvalue weighted by Gasteiger charge is 2.33. The summed E-state index contributed by atoms with van der Waals surface area (Å²) in [6, 6.07) is 4.87. The largest absolute Gasteiger partial charge is 0.314 e. The van der Waals surface area contributed by atoms with Gasteiger partial charge >= 0.3 is 0 Å². The molecule has 0 saturated carbocycles. The van der Waals surface area contributed by atoms with Gasteiger partial charge in [0.2, 0.25) is 0 Å². The van der Waals surface area contributed by atoms with Crippen LogP contribution in [-0.2, 0) is 16.3 Å². The molecule has 1 N–H and O–H groups in total. The summed E-state index contributed by atoms with van der Waals surface area (Å²) in [6.45, 7) is 2.73. The van der Waals surface area contributed by atoms with Crippen LogP contribution in [0, 0.1) is 11.7 Å². The summed E-state index contributed by atoms with van der Waals surface area (Å²) < 4.78 is 37.9. The topological polar surface area (TPSA) is 46.2 Å². The van der Waals surface area contributed by atoms with Gasteiger partial charge in [0.1, 0.15) is 5.82 Å². The van der Waals surface area contributed by atoms with Gasteiger partial charge in [-0.1, -0.05) is 22.9 Å². The predicted molar refractivity (Wildman–Crippen MR) is 82.0 cm³/mol. The predicted octanol–water partition coefficient (Wildman–Crippen LogP) is 2.54. The molecule has 1 aromatic carbocycles. The second kappa shape index (κ2) is 6.54. The Bertz CT molecular complexity index is 577. The Kier molecular flexibility index (Phi) is 5.20. The van der Waals surface area contributed by atoms with Crippen molar-refractivity contribution in [3.05, 3.63) is 34.1 Å². The molecule has 1 fully saturated rings. The first-order chi connectivity index (χ1) is 9.41. The number of rotatable bonds is 5. The lowest BCUT2D eigenvalue weighted by Crippen LogP contribution is -2.38. The fourth-order valence-electron chi connectivity index (χ4n) is 2.75. The third-order valence-electron chi connectivity index (χ3n) is 3.75. The average Bonchev–Trinajstić information content (AvgIpc) is 2.73. The molecule has 0 aliphatic carbocycles. The van der Waals surface area contributed by atoms with Crippen molar-refractivity contribution in [3.8, 4) is 0 Å². The Morgan fingerprint density at radius 3 is 2.85 bits per heavy atom. The fraction of sp³-hybridized carbons (Fsp3) is 0.571. The molecule has 1 aromatic rings. The molecule has 6 heteroatoms. The quantitative estimate of drug-likeness (QED) is 0.874. The monoisotopic (exact) mass is 363 g/mol. The lowest BCUT2D eigenvalue weighted by atomic mass is 9.93. The summed E-state index contributed by atoms with van der Waals surface area (Å²) in [6.07, 6.45) is 1.18. The molecule has 20 heavy (non-hydrogen) atoms. The van der Waals surface area contributed by atoms with Gasteiger partial charge in [-0.2, -0.15) is 0 Å². The molecule has 2 rings (SSSR count). The fourth-order valence-corrected chi connectivity index (χ4v) is 5.03. The first-order valence-electron chi connectivity index (χ1n) is 6.79. The number of halogens is 2. The van der Waals surface area contributed by atoms with Crippen LogP contribution < -0.4 is 5.32 Å². The van der Waals surface area contributed by atoms with Gasteiger partial charge in [0.05, 0.1) is 11.5 Å². The van der Waals surface area contributed by atoms with Gasteiger partial charge in [-0.3, -0.25) is 0 Å².